The molecule has 106 valence electrons. The molecule has 0 radical (unpaired) electrons. The third-order valence-corrected chi connectivity index (χ3v) is 3.31. The van der Waals surface area contributed by atoms with Crippen LogP contribution in [-0.4, -0.2) is 30.6 Å². The number of carbonyl (C=O) groups is 1. The summed E-state index contributed by atoms with van der Waals surface area (Å²) >= 11 is 1.72. The Balaban J connectivity index is 2.67. The Bertz CT molecular complexity index is 401. The van der Waals surface area contributed by atoms with Crippen molar-refractivity contribution in [2.75, 3.05) is 23.9 Å². The lowest BCUT2D eigenvalue weighted by Crippen LogP contribution is -2.32. The zero-order valence-corrected chi connectivity index (χ0v) is 12.1. The van der Waals surface area contributed by atoms with Gasteiger partial charge in [0.1, 0.15) is 11.9 Å². The van der Waals surface area contributed by atoms with E-state index in [1.54, 1.807) is 36.9 Å². The van der Waals surface area contributed by atoms with Gasteiger partial charge in [-0.15, -0.1) is 0 Å². The van der Waals surface area contributed by atoms with E-state index in [1.165, 1.54) is 6.07 Å². The number of hydrogen-bond donors (Lipinski definition) is 1. The van der Waals surface area contributed by atoms with Gasteiger partial charge in [-0.2, -0.15) is 11.8 Å². The molecule has 0 aliphatic heterocycles. The van der Waals surface area contributed by atoms with Gasteiger partial charge >= 0.3 is 5.97 Å². The topological polar surface area (TPSA) is 38.3 Å². The number of rotatable bonds is 8. The zero-order valence-electron chi connectivity index (χ0n) is 11.3. The first-order valence-electron chi connectivity index (χ1n) is 6.35. The van der Waals surface area contributed by atoms with Gasteiger partial charge in [-0.05, 0) is 43.9 Å². The van der Waals surface area contributed by atoms with E-state index >= 15 is 0 Å². The van der Waals surface area contributed by atoms with E-state index in [0.29, 0.717) is 18.7 Å². The molecule has 0 fully saturated rings. The van der Waals surface area contributed by atoms with Crippen molar-refractivity contribution in [2.45, 2.75) is 25.8 Å². The second-order valence-electron chi connectivity index (χ2n) is 4.06. The molecular weight excluding hydrogens is 265 g/mol. The van der Waals surface area contributed by atoms with Gasteiger partial charge in [0, 0.05) is 0 Å². The Labute approximate surface area is 117 Å². The molecule has 1 aromatic carbocycles. The summed E-state index contributed by atoms with van der Waals surface area (Å²) < 4.78 is 18.6. The summed E-state index contributed by atoms with van der Waals surface area (Å²) in [6.07, 6.45) is 3.53. The largest absolute Gasteiger partial charge is 0.464 e. The van der Waals surface area contributed by atoms with Gasteiger partial charge in [-0.25, -0.2) is 9.18 Å². The molecule has 0 saturated heterocycles. The van der Waals surface area contributed by atoms with Crippen molar-refractivity contribution in [3.8, 4) is 0 Å². The predicted molar refractivity (Wildman–Crippen MR) is 78.1 cm³/mol. The Morgan fingerprint density at radius 1 is 1.47 bits per heavy atom. The van der Waals surface area contributed by atoms with Crippen LogP contribution in [0.4, 0.5) is 10.1 Å². The number of benzene rings is 1. The lowest BCUT2D eigenvalue weighted by atomic mass is 10.1. The third kappa shape index (κ3) is 5.51. The summed E-state index contributed by atoms with van der Waals surface area (Å²) in [4.78, 5) is 11.8. The molecule has 0 aliphatic rings. The molecule has 1 N–H and O–H groups in total. The second-order valence-corrected chi connectivity index (χ2v) is 5.05. The average molecular weight is 285 g/mol. The number of halogens is 1. The van der Waals surface area contributed by atoms with Crippen LogP contribution in [0, 0.1) is 5.82 Å². The van der Waals surface area contributed by atoms with Crippen molar-refractivity contribution in [1.29, 1.82) is 0 Å². The fourth-order valence-corrected chi connectivity index (χ4v) is 2.14. The lowest BCUT2D eigenvalue weighted by Gasteiger charge is -2.18. The first-order chi connectivity index (χ1) is 9.19. The van der Waals surface area contributed by atoms with E-state index in [1.807, 2.05) is 6.26 Å². The van der Waals surface area contributed by atoms with Gasteiger partial charge in [-0.3, -0.25) is 0 Å². The molecule has 1 unspecified atom stereocenters. The SMILES string of the molecule is CCOC(=O)C(CCCSC)Nc1ccccc1F. The minimum absolute atomic E-state index is 0.327. The van der Waals surface area contributed by atoms with E-state index < -0.39 is 6.04 Å². The fourth-order valence-electron chi connectivity index (χ4n) is 1.69. The molecule has 0 heterocycles. The molecule has 1 aromatic rings. The van der Waals surface area contributed by atoms with Crippen LogP contribution in [0.15, 0.2) is 24.3 Å². The smallest absolute Gasteiger partial charge is 0.328 e. The van der Waals surface area contributed by atoms with Crippen molar-refractivity contribution in [3.63, 3.8) is 0 Å². The third-order valence-electron chi connectivity index (χ3n) is 2.62. The summed E-state index contributed by atoms with van der Waals surface area (Å²) in [6.45, 7) is 2.09. The number of esters is 1. The molecule has 0 aliphatic carbocycles. The first kappa shape index (κ1) is 15.8. The maximum absolute atomic E-state index is 13.6. The molecule has 1 atom stereocenters. The van der Waals surface area contributed by atoms with Crippen LogP contribution >= 0.6 is 11.8 Å². The molecule has 0 spiro atoms. The number of nitrogens with one attached hydrogen (secondary N) is 1. The highest BCUT2D eigenvalue weighted by Gasteiger charge is 2.20. The van der Waals surface area contributed by atoms with Gasteiger partial charge in [0.05, 0.1) is 12.3 Å². The number of carbonyl (C=O) groups excluding carboxylic acids is 1. The van der Waals surface area contributed by atoms with Crippen molar-refractivity contribution in [2.24, 2.45) is 0 Å². The minimum Gasteiger partial charge on any atom is -0.464 e. The average Bonchev–Trinajstić information content (AvgIpc) is 2.40. The molecular formula is C14H20FNO2S. The van der Waals surface area contributed by atoms with Crippen LogP contribution in [0.1, 0.15) is 19.8 Å². The van der Waals surface area contributed by atoms with Gasteiger partial charge in [0.15, 0.2) is 0 Å². The summed E-state index contributed by atoms with van der Waals surface area (Å²) in [7, 11) is 0. The number of thioether (sulfide) groups is 1. The monoisotopic (exact) mass is 285 g/mol. The summed E-state index contributed by atoms with van der Waals surface area (Å²) in [5.41, 5.74) is 0.338. The van der Waals surface area contributed by atoms with Crippen LogP contribution < -0.4 is 5.32 Å². The van der Waals surface area contributed by atoms with Gasteiger partial charge < -0.3 is 10.1 Å². The van der Waals surface area contributed by atoms with Crippen LogP contribution in [0.3, 0.4) is 0 Å². The van der Waals surface area contributed by atoms with E-state index in [4.69, 9.17) is 4.74 Å². The van der Waals surface area contributed by atoms with Crippen LogP contribution in [0.5, 0.6) is 0 Å². The molecule has 3 nitrogen and oxygen atoms in total. The van der Waals surface area contributed by atoms with Gasteiger partial charge in [0.2, 0.25) is 0 Å². The number of hydrogen-bond acceptors (Lipinski definition) is 4. The summed E-state index contributed by atoms with van der Waals surface area (Å²) in [5, 5.41) is 2.93. The van der Waals surface area contributed by atoms with Crippen LogP contribution in [-0.2, 0) is 9.53 Å². The fraction of sp³-hybridized carbons (Fsp3) is 0.500. The highest BCUT2D eigenvalue weighted by atomic mass is 32.2. The number of ether oxygens (including phenoxy) is 1. The molecule has 0 aromatic heterocycles. The minimum atomic E-state index is -0.496. The second kappa shape index (κ2) is 8.80. The van der Waals surface area contributed by atoms with Gasteiger partial charge in [-0.1, -0.05) is 12.1 Å². The predicted octanol–water partition coefficient (Wildman–Crippen LogP) is 3.31. The summed E-state index contributed by atoms with van der Waals surface area (Å²) in [6, 6.07) is 5.84. The highest BCUT2D eigenvalue weighted by Crippen LogP contribution is 2.16. The van der Waals surface area contributed by atoms with Crippen molar-refractivity contribution in [3.05, 3.63) is 30.1 Å². The Morgan fingerprint density at radius 2 is 2.21 bits per heavy atom. The van der Waals surface area contributed by atoms with Gasteiger partial charge in [0.25, 0.3) is 0 Å². The lowest BCUT2D eigenvalue weighted by molar-refractivity contribution is -0.144. The standard InChI is InChI=1S/C14H20FNO2S/c1-3-18-14(17)13(9-6-10-19-2)16-12-8-5-4-7-11(12)15/h4-5,7-8,13,16H,3,6,9-10H2,1-2H3. The van der Waals surface area contributed by atoms with E-state index in [-0.39, 0.29) is 11.8 Å². The number of anilines is 1. The molecule has 0 saturated carbocycles. The Morgan fingerprint density at radius 3 is 2.84 bits per heavy atom. The number of para-hydroxylation sites is 1. The van der Waals surface area contributed by atoms with Crippen LogP contribution in [0.25, 0.3) is 0 Å². The molecule has 5 heteroatoms. The normalized spacial score (nSPS) is 11.9. The highest BCUT2D eigenvalue weighted by molar-refractivity contribution is 7.98. The quantitative estimate of drug-likeness (QED) is 0.587. The Hall–Kier alpha value is -1.23. The van der Waals surface area contributed by atoms with Crippen molar-refractivity contribution < 1.29 is 13.9 Å². The molecule has 0 bridgehead atoms. The maximum atomic E-state index is 13.6. The van der Waals surface area contributed by atoms with E-state index in [0.717, 1.165) is 12.2 Å². The zero-order chi connectivity index (χ0) is 14.1. The van der Waals surface area contributed by atoms with E-state index in [9.17, 15) is 9.18 Å². The molecule has 1 rings (SSSR count). The van der Waals surface area contributed by atoms with Crippen molar-refractivity contribution >= 4 is 23.4 Å². The molecule has 19 heavy (non-hydrogen) atoms. The van der Waals surface area contributed by atoms with Crippen molar-refractivity contribution in [1.82, 2.24) is 0 Å². The Kier molecular flexibility index (Phi) is 7.33. The first-order valence-corrected chi connectivity index (χ1v) is 7.75. The van der Waals surface area contributed by atoms with E-state index in [2.05, 4.69) is 5.32 Å². The molecule has 0 amide bonds. The van der Waals surface area contributed by atoms with Crippen LogP contribution in [0.2, 0.25) is 0 Å². The summed E-state index contributed by atoms with van der Waals surface area (Å²) in [5.74, 6) is 0.281. The maximum Gasteiger partial charge on any atom is 0.328 e.